The van der Waals surface area contributed by atoms with Gasteiger partial charge in [0.15, 0.2) is 0 Å². The molecule has 9 heteroatoms. The predicted octanol–water partition coefficient (Wildman–Crippen LogP) is 4.60. The van der Waals surface area contributed by atoms with Crippen LogP contribution in [0.3, 0.4) is 0 Å². The van der Waals surface area contributed by atoms with Gasteiger partial charge in [-0.3, -0.25) is 13.8 Å². The lowest BCUT2D eigenvalue weighted by molar-refractivity contribution is -0.870. The van der Waals surface area contributed by atoms with Crippen LogP contribution in [-0.2, 0) is 23.1 Å². The molecule has 0 spiro atoms. The fourth-order valence-electron chi connectivity index (χ4n) is 2.77. The molecule has 0 amide bonds. The lowest BCUT2D eigenvalue weighted by atomic mass is 10.1. The van der Waals surface area contributed by atoms with E-state index in [1.165, 1.54) is 32.1 Å². The molecule has 2 atom stereocenters. The van der Waals surface area contributed by atoms with Crippen LogP contribution in [0.1, 0.15) is 77.6 Å². The first-order valence-electron chi connectivity index (χ1n) is 12.0. The lowest BCUT2D eigenvalue weighted by Crippen LogP contribution is -2.37. The topological polar surface area (TPSA) is 102 Å². The highest BCUT2D eigenvalue weighted by molar-refractivity contribution is 7.47. The second-order valence-corrected chi connectivity index (χ2v) is 10.7. The fourth-order valence-corrected chi connectivity index (χ4v) is 3.51. The van der Waals surface area contributed by atoms with Gasteiger partial charge in [0, 0.05) is 6.42 Å². The quantitative estimate of drug-likeness (QED) is 0.0814. The van der Waals surface area contributed by atoms with Crippen LogP contribution in [-0.4, -0.2) is 74.1 Å². The van der Waals surface area contributed by atoms with E-state index in [2.05, 4.69) is 19.1 Å². The molecule has 0 radical (unpaired) electrons. The Morgan fingerprint density at radius 2 is 1.53 bits per heavy atom. The Kier molecular flexibility index (Phi) is 18.2. The molecule has 0 bridgehead atoms. The number of ether oxygens (including phenoxy) is 1. The summed E-state index contributed by atoms with van der Waals surface area (Å²) in [5.74, 6) is -0.384. The van der Waals surface area contributed by atoms with Gasteiger partial charge in [0.05, 0.1) is 27.7 Å². The summed E-state index contributed by atoms with van der Waals surface area (Å²) in [6, 6.07) is 0. The summed E-state index contributed by atoms with van der Waals surface area (Å²) in [7, 11) is 1.55. The molecule has 0 aliphatic rings. The summed E-state index contributed by atoms with van der Waals surface area (Å²) in [5, 5.41) is 9.79. The van der Waals surface area contributed by atoms with Gasteiger partial charge >= 0.3 is 13.8 Å². The Labute approximate surface area is 195 Å². The summed E-state index contributed by atoms with van der Waals surface area (Å²) in [6.07, 6.45) is 15.0. The zero-order chi connectivity index (χ0) is 24.3. The van der Waals surface area contributed by atoms with Crippen molar-refractivity contribution in [1.29, 1.82) is 0 Å². The predicted molar refractivity (Wildman–Crippen MR) is 127 cm³/mol. The first kappa shape index (κ1) is 31.2. The Bertz CT molecular complexity index is 549. The van der Waals surface area contributed by atoms with E-state index in [-0.39, 0.29) is 19.2 Å². The average molecular weight is 481 g/mol. The SMILES string of the molecule is CCCCC/C=C/CCCCCCCC(=O)OC[C@@H](O)COP(=O)(O)OCC[N+](C)(C)C. The summed E-state index contributed by atoms with van der Waals surface area (Å²) in [5.41, 5.74) is 0. The van der Waals surface area contributed by atoms with Crippen LogP contribution in [0.2, 0.25) is 0 Å². The number of unbranched alkanes of at least 4 members (excludes halogenated alkanes) is 8. The molecule has 1 unspecified atom stereocenters. The number of phosphoric acid groups is 1. The summed E-state index contributed by atoms with van der Waals surface area (Å²) < 4.78 is 27.0. The monoisotopic (exact) mass is 480 g/mol. The second-order valence-electron chi connectivity index (χ2n) is 9.22. The van der Waals surface area contributed by atoms with Crippen LogP contribution in [0, 0.1) is 0 Å². The molecule has 0 aromatic carbocycles. The minimum atomic E-state index is -4.24. The van der Waals surface area contributed by atoms with E-state index in [0.29, 0.717) is 17.4 Å². The maximum atomic E-state index is 11.8. The highest BCUT2D eigenvalue weighted by Gasteiger charge is 2.24. The van der Waals surface area contributed by atoms with E-state index in [9.17, 15) is 19.4 Å². The minimum absolute atomic E-state index is 0.0537. The van der Waals surface area contributed by atoms with Gasteiger partial charge in [-0.1, -0.05) is 51.2 Å². The number of carbonyl (C=O) groups is 1. The molecule has 190 valence electrons. The number of likely N-dealkylation sites (N-methyl/N-ethyl adjacent to an activating group) is 1. The lowest BCUT2D eigenvalue weighted by Gasteiger charge is -2.24. The molecular formula is C23H47NO7P+. The van der Waals surface area contributed by atoms with Gasteiger partial charge in [-0.2, -0.15) is 0 Å². The zero-order valence-corrected chi connectivity index (χ0v) is 21.6. The van der Waals surface area contributed by atoms with Crippen molar-refractivity contribution < 1.29 is 37.6 Å². The van der Waals surface area contributed by atoms with Crippen molar-refractivity contribution in [3.05, 3.63) is 12.2 Å². The third kappa shape index (κ3) is 22.4. The molecule has 2 N–H and O–H groups in total. The zero-order valence-electron chi connectivity index (χ0n) is 20.7. The summed E-state index contributed by atoms with van der Waals surface area (Å²) in [6.45, 7) is 2.08. The molecule has 0 aromatic rings. The van der Waals surface area contributed by atoms with Crippen LogP contribution in [0.25, 0.3) is 0 Å². The number of rotatable bonds is 21. The van der Waals surface area contributed by atoms with E-state index in [1.807, 2.05) is 21.1 Å². The van der Waals surface area contributed by atoms with Gasteiger partial charge in [-0.15, -0.1) is 0 Å². The number of aliphatic hydroxyl groups is 1. The van der Waals surface area contributed by atoms with Crippen molar-refractivity contribution in [2.45, 2.75) is 83.7 Å². The maximum absolute atomic E-state index is 11.8. The number of nitrogens with zero attached hydrogens (tertiary/aromatic N) is 1. The van der Waals surface area contributed by atoms with E-state index in [1.54, 1.807) is 0 Å². The molecule has 0 saturated heterocycles. The molecular weight excluding hydrogens is 433 g/mol. The molecule has 8 nitrogen and oxygen atoms in total. The highest BCUT2D eigenvalue weighted by Crippen LogP contribution is 2.43. The standard InChI is InChI=1S/C23H46NO7P/c1-5-6-7-8-9-10-11-12-13-14-15-16-17-23(26)29-20-22(25)21-31-32(27,28)30-19-18-24(2,3)4/h9-10,22,25H,5-8,11-21H2,1-4H3/p+1/b10-9+/t22-/m1/s1. The Balaban J connectivity index is 3.66. The summed E-state index contributed by atoms with van der Waals surface area (Å²) in [4.78, 5) is 21.3. The van der Waals surface area contributed by atoms with Gasteiger partial charge in [0.2, 0.25) is 0 Å². The Hall–Kier alpha value is -0.760. The van der Waals surface area contributed by atoms with Gasteiger partial charge in [0.1, 0.15) is 25.9 Å². The number of carbonyl (C=O) groups excluding carboxylic acids is 1. The number of esters is 1. The molecule has 0 aromatic heterocycles. The molecule has 0 saturated carbocycles. The average Bonchev–Trinajstić information content (AvgIpc) is 2.70. The molecule has 0 aliphatic heterocycles. The smallest absolute Gasteiger partial charge is 0.463 e. The first-order valence-corrected chi connectivity index (χ1v) is 13.5. The van der Waals surface area contributed by atoms with E-state index >= 15 is 0 Å². The van der Waals surface area contributed by atoms with Crippen LogP contribution < -0.4 is 0 Å². The van der Waals surface area contributed by atoms with Crippen LogP contribution in [0.4, 0.5) is 0 Å². The van der Waals surface area contributed by atoms with E-state index in [4.69, 9.17) is 13.8 Å². The van der Waals surface area contributed by atoms with Gasteiger partial charge in [-0.25, -0.2) is 4.57 Å². The maximum Gasteiger partial charge on any atom is 0.472 e. The van der Waals surface area contributed by atoms with Crippen LogP contribution >= 0.6 is 7.82 Å². The van der Waals surface area contributed by atoms with Crippen molar-refractivity contribution >= 4 is 13.8 Å². The first-order chi connectivity index (χ1) is 15.1. The Morgan fingerprint density at radius 1 is 0.938 bits per heavy atom. The van der Waals surface area contributed by atoms with Crippen molar-refractivity contribution in [2.75, 3.05) is 47.5 Å². The van der Waals surface area contributed by atoms with Crippen molar-refractivity contribution in [3.8, 4) is 0 Å². The largest absolute Gasteiger partial charge is 0.472 e. The highest BCUT2D eigenvalue weighted by atomic mass is 31.2. The van der Waals surface area contributed by atoms with E-state index in [0.717, 1.165) is 32.1 Å². The molecule has 0 heterocycles. The minimum Gasteiger partial charge on any atom is -0.463 e. The number of phosphoric ester groups is 1. The Morgan fingerprint density at radius 3 is 2.16 bits per heavy atom. The molecule has 0 aliphatic carbocycles. The summed E-state index contributed by atoms with van der Waals surface area (Å²) >= 11 is 0. The number of hydrogen-bond donors (Lipinski definition) is 2. The molecule has 32 heavy (non-hydrogen) atoms. The van der Waals surface area contributed by atoms with Gasteiger partial charge in [0.25, 0.3) is 0 Å². The third-order valence-electron chi connectivity index (χ3n) is 4.78. The van der Waals surface area contributed by atoms with Crippen molar-refractivity contribution in [2.24, 2.45) is 0 Å². The van der Waals surface area contributed by atoms with E-state index < -0.39 is 20.5 Å². The van der Waals surface area contributed by atoms with Crippen LogP contribution in [0.5, 0.6) is 0 Å². The molecule has 0 rings (SSSR count). The number of allylic oxidation sites excluding steroid dienone is 2. The molecule has 0 fully saturated rings. The number of quaternary nitrogens is 1. The van der Waals surface area contributed by atoms with Gasteiger partial charge in [-0.05, 0) is 32.1 Å². The number of hydrogen-bond acceptors (Lipinski definition) is 6. The van der Waals surface area contributed by atoms with Crippen molar-refractivity contribution in [1.82, 2.24) is 0 Å². The van der Waals surface area contributed by atoms with Gasteiger partial charge < -0.3 is 19.2 Å². The van der Waals surface area contributed by atoms with Crippen molar-refractivity contribution in [3.63, 3.8) is 0 Å². The fraction of sp³-hybridized carbons (Fsp3) is 0.870. The second kappa shape index (κ2) is 18.6. The normalized spacial score (nSPS) is 15.1. The third-order valence-corrected chi connectivity index (χ3v) is 5.76. The van der Waals surface area contributed by atoms with Crippen LogP contribution in [0.15, 0.2) is 12.2 Å². The number of aliphatic hydroxyl groups excluding tert-OH is 1.